The summed E-state index contributed by atoms with van der Waals surface area (Å²) in [5.41, 5.74) is 0.579. The molecule has 2 fully saturated rings. The number of hydrogen-bond donors (Lipinski definition) is 3. The van der Waals surface area contributed by atoms with Crippen LogP contribution in [-0.4, -0.2) is 88.1 Å². The number of nitrogens with one attached hydrogen (secondary N) is 3. The highest BCUT2D eigenvalue weighted by Gasteiger charge is 2.30. The van der Waals surface area contributed by atoms with Gasteiger partial charge in [0.15, 0.2) is 23.1 Å². The summed E-state index contributed by atoms with van der Waals surface area (Å²) in [7, 11) is 1.44. The molecular weight excluding hydrogens is 530 g/mol. The highest BCUT2D eigenvalue weighted by molar-refractivity contribution is 6.00. The number of hydrogen-bond acceptors (Lipinski definition) is 11. The van der Waals surface area contributed by atoms with Gasteiger partial charge in [0, 0.05) is 49.3 Å². The highest BCUT2D eigenvalue weighted by Crippen LogP contribution is 2.38. The lowest BCUT2D eigenvalue weighted by molar-refractivity contribution is -0.127. The maximum atomic E-state index is 12.8. The minimum Gasteiger partial charge on any atom is -0.494 e. The molecule has 1 saturated carbocycles. The number of ether oxygens (including phenoxy) is 1. The SMILES string of the molecule is [2H]C([2H])([2H])NC(=O)c1nnc(NC(=O)C2CC2)cc1Nc1cccc(-c2nc(CN3CCN(C(=O)C=C)CC3)no2)c1OC. The van der Waals surface area contributed by atoms with Gasteiger partial charge in [-0.1, -0.05) is 17.8 Å². The second-order valence-electron chi connectivity index (χ2n) is 9.54. The highest BCUT2D eigenvalue weighted by atomic mass is 16.5. The maximum absolute atomic E-state index is 12.8. The summed E-state index contributed by atoms with van der Waals surface area (Å²) in [6.45, 7) is 3.61. The van der Waals surface area contributed by atoms with Crippen molar-refractivity contribution in [3.8, 4) is 17.2 Å². The molecule has 0 bridgehead atoms. The number of amides is 3. The number of methoxy groups -OCH3 is 1. The van der Waals surface area contributed by atoms with Crippen LogP contribution < -0.4 is 20.7 Å². The molecule has 3 N–H and O–H groups in total. The summed E-state index contributed by atoms with van der Waals surface area (Å²) >= 11 is 0. The van der Waals surface area contributed by atoms with E-state index in [1.165, 1.54) is 19.3 Å². The summed E-state index contributed by atoms with van der Waals surface area (Å²) in [5, 5.41) is 19.5. The zero-order chi connectivity index (χ0) is 31.4. The molecule has 3 aromatic rings. The molecule has 14 heteroatoms. The number of aromatic nitrogens is 4. The van der Waals surface area contributed by atoms with Gasteiger partial charge in [0.25, 0.3) is 11.8 Å². The first-order valence-corrected chi connectivity index (χ1v) is 13.0. The van der Waals surface area contributed by atoms with Crippen LogP contribution in [0.15, 0.2) is 41.4 Å². The zero-order valence-electron chi connectivity index (χ0n) is 25.3. The first-order chi connectivity index (χ1) is 21.0. The number of benzene rings is 1. The van der Waals surface area contributed by atoms with Crippen LogP contribution in [0.25, 0.3) is 11.5 Å². The summed E-state index contributed by atoms with van der Waals surface area (Å²) in [6.07, 6.45) is 2.86. The van der Waals surface area contributed by atoms with Crippen LogP contribution in [-0.2, 0) is 16.1 Å². The normalized spacial score (nSPS) is 16.6. The molecule has 1 aliphatic carbocycles. The standard InChI is InChI=1S/C27H31N9O5/c1-4-22(37)36-12-10-35(11-13-36)15-21-31-27(41-34-21)17-6-5-7-18(24(17)40-3)29-19-14-20(30-25(38)16-8-9-16)32-33-23(19)26(39)28-2/h4-7,14,16H,1,8-13,15H2,2-3H3,(H,28,39)(H2,29,30,32,38)/i2D3. The zero-order valence-corrected chi connectivity index (χ0v) is 22.3. The van der Waals surface area contributed by atoms with Gasteiger partial charge in [0.1, 0.15) is 0 Å². The van der Waals surface area contributed by atoms with Crippen LogP contribution in [0.5, 0.6) is 5.75 Å². The van der Waals surface area contributed by atoms with Gasteiger partial charge >= 0.3 is 0 Å². The van der Waals surface area contributed by atoms with Gasteiger partial charge in [-0.15, -0.1) is 10.2 Å². The van der Waals surface area contributed by atoms with Gasteiger partial charge in [-0.05, 0) is 31.1 Å². The average molecular weight is 565 g/mol. The van der Waals surface area contributed by atoms with Crippen molar-refractivity contribution >= 4 is 34.9 Å². The van der Waals surface area contributed by atoms with E-state index in [-0.39, 0.29) is 40.8 Å². The molecular formula is C27H31N9O5. The molecule has 214 valence electrons. The van der Waals surface area contributed by atoms with Gasteiger partial charge in [-0.3, -0.25) is 19.3 Å². The molecule has 0 atom stereocenters. The third kappa shape index (κ3) is 6.32. The van der Waals surface area contributed by atoms with Gasteiger partial charge in [-0.2, -0.15) is 4.98 Å². The average Bonchev–Trinajstić information content (AvgIpc) is 3.75. The van der Waals surface area contributed by atoms with Crippen molar-refractivity contribution in [2.45, 2.75) is 19.4 Å². The predicted molar refractivity (Wildman–Crippen MR) is 148 cm³/mol. The lowest BCUT2D eigenvalue weighted by Crippen LogP contribution is -2.47. The molecule has 5 rings (SSSR count). The van der Waals surface area contributed by atoms with E-state index in [2.05, 4.69) is 42.5 Å². The molecule has 3 heterocycles. The van der Waals surface area contributed by atoms with Crippen LogP contribution in [0.1, 0.15) is 33.3 Å². The molecule has 2 aromatic heterocycles. The Morgan fingerprint density at radius 1 is 1.20 bits per heavy atom. The minimum absolute atomic E-state index is 0.0728. The number of para-hydroxylation sites is 1. The first kappa shape index (κ1) is 24.0. The van der Waals surface area contributed by atoms with Crippen molar-refractivity contribution < 1.29 is 27.8 Å². The molecule has 14 nitrogen and oxygen atoms in total. The smallest absolute Gasteiger partial charge is 0.273 e. The fraction of sp³-hybridized carbons (Fsp3) is 0.370. The van der Waals surface area contributed by atoms with E-state index in [0.717, 1.165) is 12.8 Å². The summed E-state index contributed by atoms with van der Waals surface area (Å²) in [4.78, 5) is 45.4. The quantitative estimate of drug-likeness (QED) is 0.307. The number of carbonyl (C=O) groups excluding carboxylic acids is 3. The summed E-state index contributed by atoms with van der Waals surface area (Å²) in [6, 6.07) is 6.47. The van der Waals surface area contributed by atoms with E-state index < -0.39 is 12.9 Å². The fourth-order valence-electron chi connectivity index (χ4n) is 4.40. The van der Waals surface area contributed by atoms with Crippen LogP contribution in [0.4, 0.5) is 17.2 Å². The molecule has 3 amide bonds. The van der Waals surface area contributed by atoms with E-state index in [1.54, 1.807) is 23.1 Å². The van der Waals surface area contributed by atoms with Crippen LogP contribution >= 0.6 is 0 Å². The van der Waals surface area contributed by atoms with Crippen molar-refractivity contribution in [1.29, 1.82) is 0 Å². The molecule has 1 aromatic carbocycles. The lowest BCUT2D eigenvalue weighted by atomic mass is 10.1. The summed E-state index contributed by atoms with van der Waals surface area (Å²) in [5.74, 6) is -0.403. The van der Waals surface area contributed by atoms with Crippen LogP contribution in [0.3, 0.4) is 0 Å². The Morgan fingerprint density at radius 2 is 2.00 bits per heavy atom. The van der Waals surface area contributed by atoms with Crippen LogP contribution in [0.2, 0.25) is 0 Å². The van der Waals surface area contributed by atoms with Crippen molar-refractivity contribution in [2.75, 3.05) is 50.9 Å². The van der Waals surface area contributed by atoms with Crippen molar-refractivity contribution in [3.05, 3.63) is 48.4 Å². The largest absolute Gasteiger partial charge is 0.494 e. The van der Waals surface area contributed by atoms with E-state index >= 15 is 0 Å². The Balaban J connectivity index is 1.38. The van der Waals surface area contributed by atoms with E-state index in [1.807, 2.05) is 5.32 Å². The lowest BCUT2D eigenvalue weighted by Gasteiger charge is -2.33. The molecule has 0 unspecified atom stereocenters. The van der Waals surface area contributed by atoms with Crippen molar-refractivity contribution in [1.82, 2.24) is 35.5 Å². The Labute approximate surface area is 240 Å². The summed E-state index contributed by atoms with van der Waals surface area (Å²) < 4.78 is 33.5. The Morgan fingerprint density at radius 3 is 2.71 bits per heavy atom. The maximum Gasteiger partial charge on any atom is 0.273 e. The Bertz CT molecular complexity index is 1570. The third-order valence-electron chi connectivity index (χ3n) is 6.73. The first-order valence-electron chi connectivity index (χ1n) is 14.5. The van der Waals surface area contributed by atoms with Gasteiger partial charge in [0.05, 0.1) is 30.6 Å². The molecule has 0 spiro atoms. The Kier molecular flexibility index (Phi) is 7.09. The Hall–Kier alpha value is -4.85. The minimum atomic E-state index is -2.77. The van der Waals surface area contributed by atoms with E-state index in [4.69, 9.17) is 13.4 Å². The van der Waals surface area contributed by atoms with Gasteiger partial charge in [0.2, 0.25) is 11.8 Å². The number of piperazine rings is 1. The van der Waals surface area contributed by atoms with Crippen molar-refractivity contribution in [3.63, 3.8) is 0 Å². The van der Waals surface area contributed by atoms with Crippen LogP contribution in [0, 0.1) is 5.92 Å². The number of anilines is 3. The molecule has 2 aliphatic rings. The molecule has 41 heavy (non-hydrogen) atoms. The second kappa shape index (κ2) is 12.1. The third-order valence-corrected chi connectivity index (χ3v) is 6.73. The molecule has 1 aliphatic heterocycles. The fourth-order valence-corrected chi connectivity index (χ4v) is 4.40. The van der Waals surface area contributed by atoms with E-state index in [9.17, 15) is 14.4 Å². The second-order valence-corrected chi connectivity index (χ2v) is 9.54. The molecule has 0 radical (unpaired) electrons. The van der Waals surface area contributed by atoms with Gasteiger partial charge in [-0.25, -0.2) is 0 Å². The van der Waals surface area contributed by atoms with Crippen molar-refractivity contribution in [2.24, 2.45) is 5.92 Å². The van der Waals surface area contributed by atoms with E-state index in [0.29, 0.717) is 55.5 Å². The number of rotatable bonds is 10. The number of nitrogens with zero attached hydrogens (tertiary/aromatic N) is 6. The number of carbonyl (C=O) groups is 3. The van der Waals surface area contributed by atoms with Gasteiger partial charge < -0.3 is 30.1 Å². The monoisotopic (exact) mass is 564 g/mol. The predicted octanol–water partition coefficient (Wildman–Crippen LogP) is 1.82. The topological polar surface area (TPSA) is 168 Å². The molecule has 1 saturated heterocycles.